The second kappa shape index (κ2) is 4.93. The fourth-order valence-electron chi connectivity index (χ4n) is 1.12. The first kappa shape index (κ1) is 9.26. The van der Waals surface area contributed by atoms with E-state index in [9.17, 15) is 0 Å². The fraction of sp³-hybridized carbons (Fsp3) is 0.667. The molecule has 1 unspecified atom stereocenters. The van der Waals surface area contributed by atoms with E-state index in [1.54, 1.807) is 12.5 Å². The quantitative estimate of drug-likeness (QED) is 0.625. The molecular formula is C9H17N3. The van der Waals surface area contributed by atoms with Crippen molar-refractivity contribution in [1.29, 1.82) is 0 Å². The summed E-state index contributed by atoms with van der Waals surface area (Å²) >= 11 is 0. The van der Waals surface area contributed by atoms with E-state index in [2.05, 4.69) is 17.2 Å². The van der Waals surface area contributed by atoms with E-state index in [1.807, 2.05) is 17.8 Å². The van der Waals surface area contributed by atoms with Crippen LogP contribution in [-0.2, 0) is 7.05 Å². The van der Waals surface area contributed by atoms with Crippen LogP contribution in [0.25, 0.3) is 0 Å². The number of hydrogen-bond donors (Lipinski definition) is 1. The summed E-state index contributed by atoms with van der Waals surface area (Å²) in [5.41, 5.74) is 0. The highest BCUT2D eigenvalue weighted by atomic mass is 15.0. The zero-order chi connectivity index (χ0) is 8.81. The van der Waals surface area contributed by atoms with Gasteiger partial charge in [-0.2, -0.15) is 0 Å². The Morgan fingerprint density at radius 3 is 2.58 bits per heavy atom. The van der Waals surface area contributed by atoms with Crippen molar-refractivity contribution in [1.82, 2.24) is 14.9 Å². The Morgan fingerprint density at radius 2 is 2.42 bits per heavy atom. The van der Waals surface area contributed by atoms with Gasteiger partial charge in [0.2, 0.25) is 0 Å². The zero-order valence-corrected chi connectivity index (χ0v) is 7.83. The third-order valence-electron chi connectivity index (χ3n) is 1.94. The minimum absolute atomic E-state index is 0.935. The second-order valence-electron chi connectivity index (χ2n) is 3.33. The van der Waals surface area contributed by atoms with Gasteiger partial charge in [0.05, 0.1) is 6.33 Å². The molecule has 3 nitrogen and oxygen atoms in total. The van der Waals surface area contributed by atoms with Crippen LogP contribution in [0.1, 0.15) is 13.3 Å². The molecule has 1 atom stereocenters. The third-order valence-corrected chi connectivity index (χ3v) is 1.94. The Kier molecular flexibility index (Phi) is 3.80. The monoisotopic (exact) mass is 167 g/mol. The average Bonchev–Trinajstić information content (AvgIpc) is 2.63. The summed E-state index contributed by atoms with van der Waals surface area (Å²) in [5.74, 6) is 0.935. The Labute approximate surface area is 73.8 Å². The molecule has 2 heterocycles. The number of nitrogens with zero attached hydrogens (tertiary/aromatic N) is 2. The van der Waals surface area contributed by atoms with Crippen LogP contribution >= 0.6 is 0 Å². The van der Waals surface area contributed by atoms with E-state index in [4.69, 9.17) is 0 Å². The molecule has 1 aliphatic heterocycles. The maximum absolute atomic E-state index is 3.78. The first-order valence-electron chi connectivity index (χ1n) is 4.41. The average molecular weight is 167 g/mol. The largest absolute Gasteiger partial charge is 0.341 e. The molecule has 68 valence electrons. The highest BCUT2D eigenvalue weighted by Crippen LogP contribution is 2.03. The van der Waals surface area contributed by atoms with Gasteiger partial charge in [-0.25, -0.2) is 4.98 Å². The third kappa shape index (κ3) is 3.53. The Bertz CT molecular complexity index is 188. The number of hydrogen-bond acceptors (Lipinski definition) is 2. The van der Waals surface area contributed by atoms with E-state index in [0.29, 0.717) is 0 Å². The van der Waals surface area contributed by atoms with Gasteiger partial charge in [0.15, 0.2) is 0 Å². The maximum atomic E-state index is 3.78. The Balaban J connectivity index is 0.000000120. The molecule has 0 radical (unpaired) electrons. The van der Waals surface area contributed by atoms with Crippen LogP contribution in [0.15, 0.2) is 18.7 Å². The summed E-state index contributed by atoms with van der Waals surface area (Å²) in [4.78, 5) is 3.78. The SMILES string of the molecule is CC1CCNC1.Cn1ccnc1. The highest BCUT2D eigenvalue weighted by Gasteiger charge is 2.06. The van der Waals surface area contributed by atoms with Gasteiger partial charge in [-0.05, 0) is 25.4 Å². The van der Waals surface area contributed by atoms with E-state index in [1.165, 1.54) is 19.5 Å². The van der Waals surface area contributed by atoms with Crippen LogP contribution in [0.4, 0.5) is 0 Å². The topological polar surface area (TPSA) is 29.9 Å². The van der Waals surface area contributed by atoms with Crippen molar-refractivity contribution in [3.8, 4) is 0 Å². The molecule has 1 saturated heterocycles. The van der Waals surface area contributed by atoms with Crippen molar-refractivity contribution in [3.63, 3.8) is 0 Å². The molecule has 1 N–H and O–H groups in total. The molecule has 2 rings (SSSR count). The van der Waals surface area contributed by atoms with E-state index < -0.39 is 0 Å². The maximum Gasteiger partial charge on any atom is 0.0943 e. The molecule has 0 amide bonds. The molecule has 0 bridgehead atoms. The van der Waals surface area contributed by atoms with Crippen LogP contribution in [0, 0.1) is 5.92 Å². The van der Waals surface area contributed by atoms with Crippen molar-refractivity contribution < 1.29 is 0 Å². The molecule has 0 saturated carbocycles. The summed E-state index contributed by atoms with van der Waals surface area (Å²) < 4.78 is 1.89. The summed E-state index contributed by atoms with van der Waals surface area (Å²) in [5, 5.41) is 3.27. The van der Waals surface area contributed by atoms with Gasteiger partial charge in [-0.3, -0.25) is 0 Å². The fourth-order valence-corrected chi connectivity index (χ4v) is 1.12. The van der Waals surface area contributed by atoms with Crippen LogP contribution in [0.3, 0.4) is 0 Å². The molecule has 12 heavy (non-hydrogen) atoms. The molecular weight excluding hydrogens is 150 g/mol. The lowest BCUT2D eigenvalue weighted by Gasteiger charge is -1.90. The molecule has 1 aromatic rings. The Hall–Kier alpha value is -0.830. The standard InChI is InChI=1S/C5H11N.C4H6N2/c1-5-2-3-6-4-5;1-6-3-2-5-4-6/h5-6H,2-4H2,1H3;2-4H,1H3. The lowest BCUT2D eigenvalue weighted by Crippen LogP contribution is -2.06. The van der Waals surface area contributed by atoms with Crippen molar-refractivity contribution in [3.05, 3.63) is 18.7 Å². The molecule has 3 heteroatoms. The minimum Gasteiger partial charge on any atom is -0.341 e. The molecule has 1 aliphatic rings. The summed E-state index contributed by atoms with van der Waals surface area (Å²) in [6.07, 6.45) is 6.76. The number of nitrogens with one attached hydrogen (secondary N) is 1. The second-order valence-corrected chi connectivity index (χ2v) is 3.33. The Morgan fingerprint density at radius 1 is 1.58 bits per heavy atom. The van der Waals surface area contributed by atoms with Crippen LogP contribution in [-0.4, -0.2) is 22.6 Å². The summed E-state index contributed by atoms with van der Waals surface area (Å²) in [6, 6.07) is 0. The zero-order valence-electron chi connectivity index (χ0n) is 7.83. The van der Waals surface area contributed by atoms with Crippen LogP contribution < -0.4 is 5.32 Å². The number of imidazole rings is 1. The smallest absolute Gasteiger partial charge is 0.0943 e. The predicted octanol–water partition coefficient (Wildman–Crippen LogP) is 1.04. The van der Waals surface area contributed by atoms with Crippen LogP contribution in [0.5, 0.6) is 0 Å². The lowest BCUT2D eigenvalue weighted by molar-refractivity contribution is 0.651. The number of rotatable bonds is 0. The van der Waals surface area contributed by atoms with Crippen LogP contribution in [0.2, 0.25) is 0 Å². The highest BCUT2D eigenvalue weighted by molar-refractivity contribution is 4.70. The van der Waals surface area contributed by atoms with Crippen molar-refractivity contribution >= 4 is 0 Å². The first-order valence-corrected chi connectivity index (χ1v) is 4.41. The molecule has 0 aliphatic carbocycles. The van der Waals surface area contributed by atoms with E-state index >= 15 is 0 Å². The van der Waals surface area contributed by atoms with E-state index in [-0.39, 0.29) is 0 Å². The van der Waals surface area contributed by atoms with Crippen molar-refractivity contribution in [2.75, 3.05) is 13.1 Å². The van der Waals surface area contributed by atoms with Crippen molar-refractivity contribution in [2.24, 2.45) is 13.0 Å². The summed E-state index contributed by atoms with van der Waals surface area (Å²) in [6.45, 7) is 4.75. The van der Waals surface area contributed by atoms with Gasteiger partial charge in [0.1, 0.15) is 0 Å². The van der Waals surface area contributed by atoms with Crippen molar-refractivity contribution in [2.45, 2.75) is 13.3 Å². The van der Waals surface area contributed by atoms with Gasteiger partial charge in [0, 0.05) is 19.4 Å². The van der Waals surface area contributed by atoms with Gasteiger partial charge in [0.25, 0.3) is 0 Å². The molecule has 1 fully saturated rings. The minimum atomic E-state index is 0.935. The predicted molar refractivity (Wildman–Crippen MR) is 49.9 cm³/mol. The molecule has 0 aromatic carbocycles. The van der Waals surface area contributed by atoms with Gasteiger partial charge in [-0.15, -0.1) is 0 Å². The normalized spacial score (nSPS) is 21.7. The lowest BCUT2D eigenvalue weighted by atomic mass is 10.2. The molecule has 0 spiro atoms. The number of aromatic nitrogens is 2. The van der Waals surface area contributed by atoms with Gasteiger partial charge >= 0.3 is 0 Å². The molecule has 1 aromatic heterocycles. The van der Waals surface area contributed by atoms with E-state index in [0.717, 1.165) is 5.92 Å². The first-order chi connectivity index (χ1) is 5.79. The number of aryl methyl sites for hydroxylation is 1. The van der Waals surface area contributed by atoms with Gasteiger partial charge < -0.3 is 9.88 Å². The van der Waals surface area contributed by atoms with Gasteiger partial charge in [-0.1, -0.05) is 6.92 Å². The summed E-state index contributed by atoms with van der Waals surface area (Å²) in [7, 11) is 1.94.